The molecule has 1 aromatic heterocycles. The number of nitrogens with zero attached hydrogens (tertiary/aromatic N) is 2. The van der Waals surface area contributed by atoms with Crippen molar-refractivity contribution in [1.82, 2.24) is 10.1 Å². The molecule has 1 aromatic carbocycles. The summed E-state index contributed by atoms with van der Waals surface area (Å²) in [5.74, 6) is 1.32. The zero-order chi connectivity index (χ0) is 13.7. The molecule has 0 saturated heterocycles. The van der Waals surface area contributed by atoms with Crippen LogP contribution < -0.4 is 5.73 Å². The topological polar surface area (TPSA) is 74.2 Å². The molecule has 2 rings (SSSR count). The zero-order valence-electron chi connectivity index (χ0n) is 11.2. The van der Waals surface area contributed by atoms with Gasteiger partial charge in [0.05, 0.1) is 0 Å². The standard InChI is InChI=1S/C14H19N3O2/c1-10(8-9-15)14-16-13(17-19-14)12(18-2)11-6-4-3-5-7-11/h3-7,10,12H,8-9,15H2,1-2H3. The minimum Gasteiger partial charge on any atom is -0.369 e. The first kappa shape index (κ1) is 13.7. The van der Waals surface area contributed by atoms with Gasteiger partial charge >= 0.3 is 0 Å². The Morgan fingerprint density at radius 2 is 2.05 bits per heavy atom. The molecule has 1 heterocycles. The van der Waals surface area contributed by atoms with Crippen molar-refractivity contribution in [3.63, 3.8) is 0 Å². The van der Waals surface area contributed by atoms with Crippen LogP contribution in [0.4, 0.5) is 0 Å². The highest BCUT2D eigenvalue weighted by Crippen LogP contribution is 2.25. The van der Waals surface area contributed by atoms with Gasteiger partial charge in [0.1, 0.15) is 6.10 Å². The van der Waals surface area contributed by atoms with E-state index in [1.165, 1.54) is 0 Å². The van der Waals surface area contributed by atoms with Crippen LogP contribution in [0.2, 0.25) is 0 Å². The second-order valence-electron chi connectivity index (χ2n) is 4.50. The van der Waals surface area contributed by atoms with Crippen molar-refractivity contribution < 1.29 is 9.26 Å². The quantitative estimate of drug-likeness (QED) is 0.863. The summed E-state index contributed by atoms with van der Waals surface area (Å²) in [6.07, 6.45) is 0.522. The number of hydrogen-bond acceptors (Lipinski definition) is 5. The van der Waals surface area contributed by atoms with E-state index in [4.69, 9.17) is 15.0 Å². The molecule has 2 N–H and O–H groups in total. The van der Waals surface area contributed by atoms with E-state index in [2.05, 4.69) is 10.1 Å². The minimum absolute atomic E-state index is 0.166. The van der Waals surface area contributed by atoms with Gasteiger partial charge in [-0.1, -0.05) is 42.4 Å². The molecule has 0 fully saturated rings. The predicted molar refractivity (Wildman–Crippen MR) is 71.7 cm³/mol. The minimum atomic E-state index is -0.302. The van der Waals surface area contributed by atoms with Crippen molar-refractivity contribution >= 4 is 0 Å². The third-order valence-electron chi connectivity index (χ3n) is 3.05. The smallest absolute Gasteiger partial charge is 0.229 e. The fourth-order valence-corrected chi connectivity index (χ4v) is 1.95. The van der Waals surface area contributed by atoms with E-state index >= 15 is 0 Å². The summed E-state index contributed by atoms with van der Waals surface area (Å²) >= 11 is 0. The van der Waals surface area contributed by atoms with Gasteiger partial charge < -0.3 is 15.0 Å². The normalized spacial score (nSPS) is 14.3. The lowest BCUT2D eigenvalue weighted by molar-refractivity contribution is 0.126. The molecule has 2 atom stereocenters. The number of methoxy groups -OCH3 is 1. The third-order valence-corrected chi connectivity index (χ3v) is 3.05. The van der Waals surface area contributed by atoms with Crippen LogP contribution >= 0.6 is 0 Å². The molecule has 2 unspecified atom stereocenters. The van der Waals surface area contributed by atoms with Gasteiger partial charge in [-0.2, -0.15) is 4.98 Å². The van der Waals surface area contributed by atoms with E-state index in [0.717, 1.165) is 12.0 Å². The van der Waals surface area contributed by atoms with Crippen LogP contribution in [-0.2, 0) is 4.74 Å². The van der Waals surface area contributed by atoms with Crippen LogP contribution in [0.1, 0.15) is 42.6 Å². The average Bonchev–Trinajstić information content (AvgIpc) is 2.91. The molecule has 0 spiro atoms. The Morgan fingerprint density at radius 3 is 2.68 bits per heavy atom. The SMILES string of the molecule is COC(c1ccccc1)c1noc(C(C)CCN)n1. The summed E-state index contributed by atoms with van der Waals surface area (Å²) in [7, 11) is 1.64. The fourth-order valence-electron chi connectivity index (χ4n) is 1.95. The maximum Gasteiger partial charge on any atom is 0.229 e. The molecular formula is C14H19N3O2. The molecule has 102 valence electrons. The summed E-state index contributed by atoms with van der Waals surface area (Å²) < 4.78 is 10.8. The Bertz CT molecular complexity index is 498. The Morgan fingerprint density at radius 1 is 1.32 bits per heavy atom. The van der Waals surface area contributed by atoms with Crippen molar-refractivity contribution in [2.24, 2.45) is 5.73 Å². The lowest BCUT2D eigenvalue weighted by Crippen LogP contribution is -2.07. The number of benzene rings is 1. The summed E-state index contributed by atoms with van der Waals surface area (Å²) in [6, 6.07) is 9.83. The molecule has 2 aromatic rings. The summed E-state index contributed by atoms with van der Waals surface area (Å²) in [6.45, 7) is 2.62. The first-order valence-corrected chi connectivity index (χ1v) is 6.37. The van der Waals surface area contributed by atoms with Crippen LogP contribution in [0.15, 0.2) is 34.9 Å². The summed E-state index contributed by atoms with van der Waals surface area (Å²) in [4.78, 5) is 4.42. The summed E-state index contributed by atoms with van der Waals surface area (Å²) in [5, 5.41) is 4.02. The molecule has 0 radical (unpaired) electrons. The lowest BCUT2D eigenvalue weighted by atomic mass is 10.1. The predicted octanol–water partition coefficient (Wildman–Crippen LogP) is 2.26. The number of ether oxygens (including phenoxy) is 1. The van der Waals surface area contributed by atoms with Gasteiger partial charge in [-0.25, -0.2) is 0 Å². The fraction of sp³-hybridized carbons (Fsp3) is 0.429. The highest BCUT2D eigenvalue weighted by molar-refractivity contribution is 5.22. The Labute approximate surface area is 112 Å². The van der Waals surface area contributed by atoms with E-state index in [0.29, 0.717) is 18.3 Å². The van der Waals surface area contributed by atoms with Crippen LogP contribution in [0.3, 0.4) is 0 Å². The molecule has 19 heavy (non-hydrogen) atoms. The first-order valence-electron chi connectivity index (χ1n) is 6.37. The van der Waals surface area contributed by atoms with Gasteiger partial charge in [0.25, 0.3) is 0 Å². The zero-order valence-corrected chi connectivity index (χ0v) is 11.2. The molecular weight excluding hydrogens is 242 g/mol. The molecule has 0 saturated carbocycles. The molecule has 5 nitrogen and oxygen atoms in total. The van der Waals surface area contributed by atoms with Crippen LogP contribution in [0, 0.1) is 0 Å². The van der Waals surface area contributed by atoms with Gasteiger partial charge in [0.15, 0.2) is 0 Å². The molecule has 0 amide bonds. The average molecular weight is 261 g/mol. The van der Waals surface area contributed by atoms with E-state index in [1.54, 1.807) is 7.11 Å². The van der Waals surface area contributed by atoms with Gasteiger partial charge in [0.2, 0.25) is 11.7 Å². The number of nitrogens with two attached hydrogens (primary N) is 1. The third kappa shape index (κ3) is 3.19. The van der Waals surface area contributed by atoms with Gasteiger partial charge in [-0.3, -0.25) is 0 Å². The van der Waals surface area contributed by atoms with E-state index in [9.17, 15) is 0 Å². The lowest BCUT2D eigenvalue weighted by Gasteiger charge is -2.11. The maximum absolute atomic E-state index is 5.54. The monoisotopic (exact) mass is 261 g/mol. The van der Waals surface area contributed by atoms with Gasteiger partial charge in [-0.15, -0.1) is 0 Å². The van der Waals surface area contributed by atoms with Crippen molar-refractivity contribution in [3.8, 4) is 0 Å². The maximum atomic E-state index is 5.54. The summed E-state index contributed by atoms with van der Waals surface area (Å²) in [5.41, 5.74) is 6.54. The first-order chi connectivity index (χ1) is 9.26. The van der Waals surface area contributed by atoms with E-state index < -0.39 is 0 Å². The van der Waals surface area contributed by atoms with Gasteiger partial charge in [0, 0.05) is 13.0 Å². The molecule has 0 aliphatic carbocycles. The molecule has 5 heteroatoms. The molecule has 0 bridgehead atoms. The second kappa shape index (κ2) is 6.45. The molecule has 0 aliphatic rings. The van der Waals surface area contributed by atoms with Crippen molar-refractivity contribution in [2.45, 2.75) is 25.4 Å². The highest BCUT2D eigenvalue weighted by atomic mass is 16.5. The van der Waals surface area contributed by atoms with Crippen LogP contribution in [0.5, 0.6) is 0 Å². The number of hydrogen-bond donors (Lipinski definition) is 1. The Hall–Kier alpha value is -1.72. The van der Waals surface area contributed by atoms with Crippen molar-refractivity contribution in [3.05, 3.63) is 47.6 Å². The van der Waals surface area contributed by atoms with E-state index in [1.807, 2.05) is 37.3 Å². The number of rotatable bonds is 6. The van der Waals surface area contributed by atoms with Crippen LogP contribution in [-0.4, -0.2) is 23.8 Å². The van der Waals surface area contributed by atoms with Crippen molar-refractivity contribution in [2.75, 3.05) is 13.7 Å². The largest absolute Gasteiger partial charge is 0.369 e. The van der Waals surface area contributed by atoms with Gasteiger partial charge in [-0.05, 0) is 18.5 Å². The molecule has 0 aliphatic heterocycles. The van der Waals surface area contributed by atoms with Crippen molar-refractivity contribution in [1.29, 1.82) is 0 Å². The van der Waals surface area contributed by atoms with Crippen LogP contribution in [0.25, 0.3) is 0 Å². The second-order valence-corrected chi connectivity index (χ2v) is 4.50. The number of aromatic nitrogens is 2. The Kier molecular flexibility index (Phi) is 4.65. The highest BCUT2D eigenvalue weighted by Gasteiger charge is 2.21. The van der Waals surface area contributed by atoms with E-state index in [-0.39, 0.29) is 12.0 Å². The Balaban J connectivity index is 2.21.